The fourth-order valence-corrected chi connectivity index (χ4v) is 2.22. The van der Waals surface area contributed by atoms with Gasteiger partial charge in [0.15, 0.2) is 0 Å². The molecule has 1 aromatic heterocycles. The maximum Gasteiger partial charge on any atom is 0.119 e. The molecule has 3 nitrogen and oxygen atoms in total. The maximum absolute atomic E-state index is 5.25. The first-order chi connectivity index (χ1) is 9.22. The van der Waals surface area contributed by atoms with Crippen LogP contribution in [0.4, 0.5) is 0 Å². The molecule has 0 bridgehead atoms. The summed E-state index contributed by atoms with van der Waals surface area (Å²) in [5, 5.41) is 3.31. The topological polar surface area (TPSA) is 34.1 Å². The highest BCUT2D eigenvalue weighted by Gasteiger charge is 2.11. The number of hydrogen-bond donors (Lipinski definition) is 1. The van der Waals surface area contributed by atoms with Crippen LogP contribution in [-0.4, -0.2) is 19.1 Å². The monoisotopic (exact) mass is 320 g/mol. The Hall–Kier alpha value is -1.39. The second-order valence-electron chi connectivity index (χ2n) is 4.30. The van der Waals surface area contributed by atoms with Gasteiger partial charge in [0.05, 0.1) is 18.8 Å². The lowest BCUT2D eigenvalue weighted by molar-refractivity contribution is 0.414. The van der Waals surface area contributed by atoms with Gasteiger partial charge in [0.2, 0.25) is 0 Å². The highest BCUT2D eigenvalue weighted by Crippen LogP contribution is 2.20. The van der Waals surface area contributed by atoms with Gasteiger partial charge in [0.25, 0.3) is 0 Å². The average Bonchev–Trinajstić information content (AvgIpc) is 2.46. The van der Waals surface area contributed by atoms with Crippen molar-refractivity contribution in [1.29, 1.82) is 0 Å². The number of hydrogen-bond acceptors (Lipinski definition) is 3. The molecular formula is C15H17BrN2O. The van der Waals surface area contributed by atoms with E-state index >= 15 is 0 Å². The van der Waals surface area contributed by atoms with Crippen molar-refractivity contribution < 1.29 is 4.74 Å². The van der Waals surface area contributed by atoms with Gasteiger partial charge in [0.1, 0.15) is 5.75 Å². The van der Waals surface area contributed by atoms with E-state index in [1.807, 2.05) is 37.5 Å². The Kier molecular flexibility index (Phi) is 4.93. The van der Waals surface area contributed by atoms with Crippen LogP contribution in [-0.2, 0) is 6.42 Å². The van der Waals surface area contributed by atoms with E-state index in [0.717, 1.165) is 22.3 Å². The molecule has 0 aliphatic heterocycles. The van der Waals surface area contributed by atoms with Crippen LogP contribution in [0.1, 0.15) is 17.3 Å². The molecule has 1 atom stereocenters. The molecule has 1 aromatic carbocycles. The van der Waals surface area contributed by atoms with Crippen LogP contribution < -0.4 is 10.1 Å². The third-order valence-electron chi connectivity index (χ3n) is 3.03. The maximum atomic E-state index is 5.25. The average molecular weight is 321 g/mol. The van der Waals surface area contributed by atoms with Crippen LogP contribution in [0.2, 0.25) is 0 Å². The van der Waals surface area contributed by atoms with Crippen LogP contribution in [0.25, 0.3) is 0 Å². The fourth-order valence-electron chi connectivity index (χ4n) is 1.98. The van der Waals surface area contributed by atoms with E-state index in [4.69, 9.17) is 4.74 Å². The van der Waals surface area contributed by atoms with Gasteiger partial charge in [-0.2, -0.15) is 0 Å². The van der Waals surface area contributed by atoms with E-state index in [1.165, 1.54) is 5.56 Å². The predicted octanol–water partition coefficient (Wildman–Crippen LogP) is 3.36. The number of benzene rings is 1. The van der Waals surface area contributed by atoms with Crippen molar-refractivity contribution in [2.45, 2.75) is 12.5 Å². The first-order valence-corrected chi connectivity index (χ1v) is 6.94. The van der Waals surface area contributed by atoms with Gasteiger partial charge in [0, 0.05) is 10.7 Å². The molecule has 1 unspecified atom stereocenters. The number of halogens is 1. The molecule has 0 spiro atoms. The Balaban J connectivity index is 2.16. The zero-order chi connectivity index (χ0) is 13.7. The molecule has 1 heterocycles. The Bertz CT molecular complexity index is 528. The second-order valence-corrected chi connectivity index (χ2v) is 5.21. The Morgan fingerprint density at radius 3 is 2.79 bits per heavy atom. The van der Waals surface area contributed by atoms with Crippen molar-refractivity contribution in [3.8, 4) is 5.75 Å². The zero-order valence-corrected chi connectivity index (χ0v) is 12.6. The lowest BCUT2D eigenvalue weighted by Gasteiger charge is -2.16. The minimum atomic E-state index is 0.195. The number of nitrogens with zero attached hydrogens (tertiary/aromatic N) is 1. The number of aromatic nitrogens is 1. The molecular weight excluding hydrogens is 304 g/mol. The molecule has 100 valence electrons. The van der Waals surface area contributed by atoms with Crippen LogP contribution in [0.15, 0.2) is 47.1 Å². The summed E-state index contributed by atoms with van der Waals surface area (Å²) in [7, 11) is 3.64. The largest absolute Gasteiger partial charge is 0.497 e. The Labute approximate surface area is 122 Å². The summed E-state index contributed by atoms with van der Waals surface area (Å²) >= 11 is 3.40. The molecule has 0 aliphatic carbocycles. The van der Waals surface area contributed by atoms with E-state index in [9.17, 15) is 0 Å². The van der Waals surface area contributed by atoms with Crippen molar-refractivity contribution in [2.24, 2.45) is 0 Å². The second kappa shape index (κ2) is 6.68. The Morgan fingerprint density at radius 1 is 1.32 bits per heavy atom. The quantitative estimate of drug-likeness (QED) is 0.917. The first kappa shape index (κ1) is 14.0. The number of pyridine rings is 1. The normalized spacial score (nSPS) is 12.2. The molecule has 4 heteroatoms. The fraction of sp³-hybridized carbons (Fsp3) is 0.267. The lowest BCUT2D eigenvalue weighted by Crippen LogP contribution is -2.19. The van der Waals surface area contributed by atoms with Crippen LogP contribution in [0.5, 0.6) is 5.75 Å². The predicted molar refractivity (Wildman–Crippen MR) is 80.4 cm³/mol. The summed E-state index contributed by atoms with van der Waals surface area (Å²) in [6.07, 6.45) is 2.70. The van der Waals surface area contributed by atoms with E-state index < -0.39 is 0 Å². The van der Waals surface area contributed by atoms with E-state index in [0.29, 0.717) is 0 Å². The van der Waals surface area contributed by atoms with Crippen molar-refractivity contribution in [3.05, 3.63) is 58.3 Å². The highest BCUT2D eigenvalue weighted by molar-refractivity contribution is 9.10. The minimum Gasteiger partial charge on any atom is -0.497 e. The molecule has 2 aromatic rings. The lowest BCUT2D eigenvalue weighted by atomic mass is 10.0. The van der Waals surface area contributed by atoms with Crippen molar-refractivity contribution in [3.63, 3.8) is 0 Å². The van der Waals surface area contributed by atoms with Gasteiger partial charge in [-0.15, -0.1) is 0 Å². The van der Waals surface area contributed by atoms with Crippen molar-refractivity contribution in [2.75, 3.05) is 14.2 Å². The molecule has 0 radical (unpaired) electrons. The molecule has 2 rings (SSSR count). The van der Waals surface area contributed by atoms with Crippen molar-refractivity contribution >= 4 is 15.9 Å². The molecule has 0 aliphatic rings. The zero-order valence-electron chi connectivity index (χ0n) is 11.1. The molecule has 19 heavy (non-hydrogen) atoms. The third-order valence-corrected chi connectivity index (χ3v) is 3.50. The summed E-state index contributed by atoms with van der Waals surface area (Å²) in [6, 6.07) is 12.4. The standard InChI is InChI=1S/C15H17BrN2O/c1-17-15(14-7-6-12(16)10-18-14)9-11-4-3-5-13(8-11)19-2/h3-8,10,15,17H,9H2,1-2H3. The number of rotatable bonds is 5. The van der Waals surface area contributed by atoms with Crippen molar-refractivity contribution in [1.82, 2.24) is 10.3 Å². The molecule has 0 saturated heterocycles. The molecule has 0 fully saturated rings. The summed E-state index contributed by atoms with van der Waals surface area (Å²) < 4.78 is 6.24. The van der Waals surface area contributed by atoms with Gasteiger partial charge < -0.3 is 10.1 Å². The number of methoxy groups -OCH3 is 1. The van der Waals surface area contributed by atoms with Gasteiger partial charge in [-0.05, 0) is 59.2 Å². The van der Waals surface area contributed by atoms with Crippen LogP contribution >= 0.6 is 15.9 Å². The number of likely N-dealkylation sites (N-methyl/N-ethyl adjacent to an activating group) is 1. The summed E-state index contributed by atoms with van der Waals surface area (Å²) in [6.45, 7) is 0. The van der Waals surface area contributed by atoms with Gasteiger partial charge in [-0.25, -0.2) is 0 Å². The van der Waals surface area contributed by atoms with Gasteiger partial charge >= 0.3 is 0 Å². The van der Waals surface area contributed by atoms with Crippen LogP contribution in [0, 0.1) is 0 Å². The van der Waals surface area contributed by atoms with E-state index in [2.05, 4.69) is 38.4 Å². The smallest absolute Gasteiger partial charge is 0.119 e. The van der Waals surface area contributed by atoms with E-state index in [1.54, 1.807) is 7.11 Å². The van der Waals surface area contributed by atoms with E-state index in [-0.39, 0.29) is 6.04 Å². The van der Waals surface area contributed by atoms with Crippen LogP contribution in [0.3, 0.4) is 0 Å². The van der Waals surface area contributed by atoms with Gasteiger partial charge in [-0.3, -0.25) is 4.98 Å². The first-order valence-electron chi connectivity index (χ1n) is 6.14. The number of nitrogens with one attached hydrogen (secondary N) is 1. The minimum absolute atomic E-state index is 0.195. The Morgan fingerprint density at radius 2 is 2.16 bits per heavy atom. The number of ether oxygens (including phenoxy) is 1. The highest BCUT2D eigenvalue weighted by atomic mass is 79.9. The third kappa shape index (κ3) is 3.78. The summed E-state index contributed by atoms with van der Waals surface area (Å²) in [5.41, 5.74) is 2.26. The summed E-state index contributed by atoms with van der Waals surface area (Å²) in [5.74, 6) is 0.885. The molecule has 0 amide bonds. The van der Waals surface area contributed by atoms with Gasteiger partial charge in [-0.1, -0.05) is 12.1 Å². The SMILES string of the molecule is CNC(Cc1cccc(OC)c1)c1ccc(Br)cn1. The molecule has 1 N–H and O–H groups in total. The molecule has 0 saturated carbocycles. The summed E-state index contributed by atoms with van der Waals surface area (Å²) in [4.78, 5) is 4.45.